The number of carboxylic acid groups (broad SMARTS) is 1. The first-order chi connectivity index (χ1) is 13.5. The SMILES string of the molecule is O=C(O)c1scc2c1C(=O)N(c1cccc(OCc3ccccc3)c1)C(=O)C2. The van der Waals surface area contributed by atoms with Crippen LogP contribution in [0.25, 0.3) is 0 Å². The van der Waals surface area contributed by atoms with E-state index in [1.165, 1.54) is 0 Å². The number of fused-ring (bicyclic) bond motifs is 1. The number of carbonyl (C=O) groups is 3. The van der Waals surface area contributed by atoms with Gasteiger partial charge in [0.2, 0.25) is 5.91 Å². The van der Waals surface area contributed by atoms with Gasteiger partial charge in [-0.3, -0.25) is 9.59 Å². The highest BCUT2D eigenvalue weighted by molar-refractivity contribution is 7.12. The molecule has 2 heterocycles. The molecule has 1 aliphatic rings. The van der Waals surface area contributed by atoms with Crippen molar-refractivity contribution in [2.45, 2.75) is 13.0 Å². The van der Waals surface area contributed by atoms with Crippen LogP contribution in [0.3, 0.4) is 0 Å². The highest BCUT2D eigenvalue weighted by Crippen LogP contribution is 2.33. The van der Waals surface area contributed by atoms with Crippen molar-refractivity contribution >= 4 is 34.8 Å². The van der Waals surface area contributed by atoms with E-state index in [1.807, 2.05) is 30.3 Å². The third-order valence-electron chi connectivity index (χ3n) is 4.39. The molecule has 0 saturated carbocycles. The van der Waals surface area contributed by atoms with E-state index in [2.05, 4.69) is 0 Å². The molecule has 0 fully saturated rings. The van der Waals surface area contributed by atoms with Crippen LogP contribution < -0.4 is 9.64 Å². The second-order valence-electron chi connectivity index (χ2n) is 6.25. The summed E-state index contributed by atoms with van der Waals surface area (Å²) in [5.74, 6) is -1.68. The second kappa shape index (κ2) is 7.28. The predicted molar refractivity (Wildman–Crippen MR) is 104 cm³/mol. The van der Waals surface area contributed by atoms with Crippen LogP contribution >= 0.6 is 11.3 Å². The first-order valence-electron chi connectivity index (χ1n) is 8.52. The summed E-state index contributed by atoms with van der Waals surface area (Å²) in [5.41, 5.74) is 1.90. The Hall–Kier alpha value is -3.45. The number of hydrogen-bond donors (Lipinski definition) is 1. The van der Waals surface area contributed by atoms with Gasteiger partial charge in [-0.15, -0.1) is 11.3 Å². The molecule has 7 heteroatoms. The highest BCUT2D eigenvalue weighted by Gasteiger charge is 2.36. The van der Waals surface area contributed by atoms with E-state index in [4.69, 9.17) is 4.74 Å². The minimum absolute atomic E-state index is 0.0139. The number of amides is 2. The molecular weight excluding hydrogens is 378 g/mol. The smallest absolute Gasteiger partial charge is 0.346 e. The molecule has 3 aromatic rings. The molecule has 1 N–H and O–H groups in total. The third-order valence-corrected chi connectivity index (χ3v) is 5.41. The number of aromatic carboxylic acids is 1. The Bertz CT molecular complexity index is 1070. The second-order valence-corrected chi connectivity index (χ2v) is 7.13. The fourth-order valence-electron chi connectivity index (χ4n) is 3.10. The Kier molecular flexibility index (Phi) is 4.67. The quantitative estimate of drug-likeness (QED) is 0.668. The van der Waals surface area contributed by atoms with Crippen molar-refractivity contribution in [1.29, 1.82) is 0 Å². The van der Waals surface area contributed by atoms with Crippen molar-refractivity contribution < 1.29 is 24.2 Å². The van der Waals surface area contributed by atoms with Crippen molar-refractivity contribution in [1.82, 2.24) is 0 Å². The topological polar surface area (TPSA) is 83.9 Å². The molecule has 28 heavy (non-hydrogen) atoms. The number of carbonyl (C=O) groups excluding carboxylic acids is 2. The molecule has 140 valence electrons. The van der Waals surface area contributed by atoms with Gasteiger partial charge in [-0.2, -0.15) is 0 Å². The molecule has 0 radical (unpaired) electrons. The maximum atomic E-state index is 12.9. The Morgan fingerprint density at radius 3 is 2.64 bits per heavy atom. The maximum absolute atomic E-state index is 12.9. The van der Waals surface area contributed by atoms with Gasteiger partial charge in [-0.05, 0) is 28.6 Å². The number of nitrogens with zero attached hydrogens (tertiary/aromatic N) is 1. The predicted octanol–water partition coefficient (Wildman–Crippen LogP) is 3.75. The molecule has 0 saturated heterocycles. The summed E-state index contributed by atoms with van der Waals surface area (Å²) in [7, 11) is 0. The molecule has 0 spiro atoms. The Morgan fingerprint density at radius 1 is 1.11 bits per heavy atom. The molecule has 6 nitrogen and oxygen atoms in total. The number of ether oxygens (including phenoxy) is 1. The van der Waals surface area contributed by atoms with Crippen LogP contribution in [-0.2, 0) is 17.8 Å². The van der Waals surface area contributed by atoms with Gasteiger partial charge < -0.3 is 9.84 Å². The van der Waals surface area contributed by atoms with E-state index < -0.39 is 17.8 Å². The Morgan fingerprint density at radius 2 is 1.89 bits per heavy atom. The van der Waals surface area contributed by atoms with Crippen molar-refractivity contribution in [2.24, 2.45) is 0 Å². The van der Waals surface area contributed by atoms with Gasteiger partial charge >= 0.3 is 5.97 Å². The number of rotatable bonds is 5. The minimum Gasteiger partial charge on any atom is -0.489 e. The lowest BCUT2D eigenvalue weighted by atomic mass is 10.0. The summed E-state index contributed by atoms with van der Waals surface area (Å²) in [6.07, 6.45) is -0.0139. The molecule has 1 aliphatic heterocycles. The van der Waals surface area contributed by atoms with E-state index >= 15 is 0 Å². The van der Waals surface area contributed by atoms with Crippen LogP contribution in [0.4, 0.5) is 5.69 Å². The van der Waals surface area contributed by atoms with Gasteiger partial charge in [0.25, 0.3) is 5.91 Å². The highest BCUT2D eigenvalue weighted by atomic mass is 32.1. The lowest BCUT2D eigenvalue weighted by molar-refractivity contribution is -0.117. The van der Waals surface area contributed by atoms with Gasteiger partial charge in [-0.1, -0.05) is 36.4 Å². The van der Waals surface area contributed by atoms with E-state index in [9.17, 15) is 19.5 Å². The molecule has 0 atom stereocenters. The summed E-state index contributed by atoms with van der Waals surface area (Å²) >= 11 is 0.961. The molecule has 0 unspecified atom stereocenters. The number of hydrogen-bond acceptors (Lipinski definition) is 5. The van der Waals surface area contributed by atoms with E-state index in [0.717, 1.165) is 21.8 Å². The summed E-state index contributed by atoms with van der Waals surface area (Å²) in [6, 6.07) is 16.3. The zero-order valence-electron chi connectivity index (χ0n) is 14.6. The third kappa shape index (κ3) is 3.27. The fourth-order valence-corrected chi connectivity index (χ4v) is 4.00. The number of benzene rings is 2. The molecule has 0 bridgehead atoms. The van der Waals surface area contributed by atoms with E-state index in [1.54, 1.807) is 29.6 Å². The van der Waals surface area contributed by atoms with Gasteiger partial charge in [0.1, 0.15) is 17.2 Å². The molecule has 2 aromatic carbocycles. The number of carboxylic acids is 1. The van der Waals surface area contributed by atoms with Crippen molar-refractivity contribution in [3.63, 3.8) is 0 Å². The van der Waals surface area contributed by atoms with E-state index in [-0.39, 0.29) is 16.9 Å². The van der Waals surface area contributed by atoms with Crippen molar-refractivity contribution in [3.05, 3.63) is 81.5 Å². The zero-order chi connectivity index (χ0) is 19.7. The van der Waals surface area contributed by atoms with Gasteiger partial charge in [0.05, 0.1) is 17.7 Å². The average molecular weight is 393 g/mol. The van der Waals surface area contributed by atoms with Crippen LogP contribution in [0.2, 0.25) is 0 Å². The standard InChI is InChI=1S/C21H15NO5S/c23-17-9-14-12-28-19(21(25)26)18(14)20(24)22(17)15-7-4-8-16(10-15)27-11-13-5-2-1-3-6-13/h1-8,10,12H,9,11H2,(H,25,26). The summed E-state index contributed by atoms with van der Waals surface area (Å²) < 4.78 is 5.77. The number of thiophene rings is 1. The lowest BCUT2D eigenvalue weighted by Crippen LogP contribution is -2.42. The molecule has 0 aliphatic carbocycles. The van der Waals surface area contributed by atoms with Crippen molar-refractivity contribution in [2.75, 3.05) is 4.90 Å². The lowest BCUT2D eigenvalue weighted by Gasteiger charge is -2.26. The maximum Gasteiger partial charge on any atom is 0.346 e. The van der Waals surface area contributed by atoms with Gasteiger partial charge in [0.15, 0.2) is 0 Å². The molecule has 2 amide bonds. The minimum atomic E-state index is -1.17. The van der Waals surface area contributed by atoms with Crippen LogP contribution in [0.5, 0.6) is 5.75 Å². The largest absolute Gasteiger partial charge is 0.489 e. The van der Waals surface area contributed by atoms with Crippen LogP contribution in [0, 0.1) is 0 Å². The normalized spacial score (nSPS) is 13.4. The Balaban J connectivity index is 1.61. The molecular formula is C21H15NO5S. The van der Waals surface area contributed by atoms with Crippen molar-refractivity contribution in [3.8, 4) is 5.75 Å². The van der Waals surface area contributed by atoms with Gasteiger partial charge in [0, 0.05) is 6.07 Å². The molecule has 1 aromatic heterocycles. The van der Waals surface area contributed by atoms with Crippen LogP contribution in [-0.4, -0.2) is 22.9 Å². The average Bonchev–Trinajstić information content (AvgIpc) is 3.12. The van der Waals surface area contributed by atoms with E-state index in [0.29, 0.717) is 23.6 Å². The first kappa shape index (κ1) is 17.9. The molecule has 4 rings (SSSR count). The van der Waals surface area contributed by atoms with Crippen LogP contribution in [0.1, 0.15) is 31.2 Å². The summed E-state index contributed by atoms with van der Waals surface area (Å²) in [4.78, 5) is 37.9. The first-order valence-corrected chi connectivity index (χ1v) is 9.40. The van der Waals surface area contributed by atoms with Gasteiger partial charge in [-0.25, -0.2) is 9.69 Å². The number of anilines is 1. The Labute approximate surface area is 164 Å². The fraction of sp³-hybridized carbons (Fsp3) is 0.0952. The summed E-state index contributed by atoms with van der Waals surface area (Å²) in [6.45, 7) is 0.351. The zero-order valence-corrected chi connectivity index (χ0v) is 15.4. The van der Waals surface area contributed by atoms with Crippen LogP contribution in [0.15, 0.2) is 60.0 Å². The summed E-state index contributed by atoms with van der Waals surface area (Å²) in [5, 5.41) is 10.9. The monoisotopic (exact) mass is 393 g/mol. The number of imide groups is 1.